The number of rotatable bonds is 3. The average Bonchev–Trinajstić information content (AvgIpc) is 2.38. The maximum atomic E-state index is 13.9. The Morgan fingerprint density at radius 2 is 1.95 bits per heavy atom. The Kier molecular flexibility index (Phi) is 3.28. The van der Waals surface area contributed by atoms with Crippen LogP contribution in [-0.2, 0) is 10.1 Å². The van der Waals surface area contributed by atoms with Crippen molar-refractivity contribution < 1.29 is 39.0 Å². The Bertz CT molecular complexity index is 929. The van der Waals surface area contributed by atoms with Crippen LogP contribution in [0.15, 0.2) is 28.7 Å². The van der Waals surface area contributed by atoms with Gasteiger partial charge in [0.2, 0.25) is 0 Å². The van der Waals surface area contributed by atoms with Gasteiger partial charge in [0, 0.05) is 9.86 Å². The van der Waals surface area contributed by atoms with E-state index in [4.69, 9.17) is 4.11 Å². The summed E-state index contributed by atoms with van der Waals surface area (Å²) in [6.45, 7) is 0. The summed E-state index contributed by atoms with van der Waals surface area (Å²) >= 11 is 2.91. The molecule has 0 aliphatic rings. The van der Waals surface area contributed by atoms with Crippen LogP contribution in [0.1, 0.15) is 4.11 Å². The molecular weight excluding hydrogens is 396 g/mol. The zero-order valence-electron chi connectivity index (χ0n) is 13.2. The summed E-state index contributed by atoms with van der Waals surface area (Å²) in [6.07, 6.45) is 0. The van der Waals surface area contributed by atoms with Gasteiger partial charge in [-0.1, -0.05) is 6.07 Å². The Balaban J connectivity index is 2.60. The summed E-state index contributed by atoms with van der Waals surface area (Å²) in [6, 6.07) is 3.60. The van der Waals surface area contributed by atoms with Crippen LogP contribution in [0.2, 0.25) is 0 Å². The molecule has 4 nitrogen and oxygen atoms in total. The molecule has 0 aliphatic heterocycles. The largest absolute Gasteiger partial charge is 0.534 e. The number of methoxy groups -OCH3 is 1. The second-order valence-corrected chi connectivity index (χ2v) is 6.36. The van der Waals surface area contributed by atoms with Crippen molar-refractivity contribution in [1.82, 2.24) is 0 Å². The lowest BCUT2D eigenvalue weighted by molar-refractivity contribution is -0.0500. The molecule has 0 spiro atoms. The molecule has 0 aromatic heterocycles. The average molecular weight is 406 g/mol. The number of ether oxygens (including phenoxy) is 1. The van der Waals surface area contributed by atoms with Crippen molar-refractivity contribution in [3.8, 4) is 11.5 Å². The van der Waals surface area contributed by atoms with Crippen molar-refractivity contribution in [2.24, 2.45) is 0 Å². The highest BCUT2D eigenvalue weighted by Crippen LogP contribution is 2.38. The summed E-state index contributed by atoms with van der Waals surface area (Å²) in [7, 11) is -8.88. The van der Waals surface area contributed by atoms with E-state index >= 15 is 0 Å². The molecule has 2 rings (SSSR count). The van der Waals surface area contributed by atoms with E-state index in [1.807, 2.05) is 0 Å². The van der Waals surface area contributed by atoms with E-state index in [9.17, 15) is 26.0 Å². The van der Waals surface area contributed by atoms with Crippen LogP contribution in [0.25, 0.3) is 10.8 Å². The SMILES string of the molecule is [2H]C([2H])([2H])Oc1c(F)ccc2cc(OS(=O)(=O)C(F)(F)F)cc(Br)c12. The maximum absolute atomic E-state index is 13.9. The predicted molar refractivity (Wildman–Crippen MR) is 73.8 cm³/mol. The second-order valence-electron chi connectivity index (χ2n) is 3.96. The molecule has 0 amide bonds. The predicted octanol–water partition coefficient (Wildman–Crippen LogP) is 3.98. The van der Waals surface area contributed by atoms with Gasteiger partial charge in [0.25, 0.3) is 0 Å². The number of halogens is 5. The second kappa shape index (κ2) is 5.58. The lowest BCUT2D eigenvalue weighted by Gasteiger charge is -2.12. The van der Waals surface area contributed by atoms with Crippen LogP contribution in [0.3, 0.4) is 0 Å². The van der Waals surface area contributed by atoms with Crippen molar-refractivity contribution in [2.75, 3.05) is 7.04 Å². The fraction of sp³-hybridized carbons (Fsp3) is 0.167. The first-order chi connectivity index (χ1) is 11.2. The first kappa shape index (κ1) is 12.9. The van der Waals surface area contributed by atoms with Crippen molar-refractivity contribution in [1.29, 1.82) is 0 Å². The number of benzene rings is 2. The molecule has 22 heavy (non-hydrogen) atoms. The number of fused-ring (bicyclic) bond motifs is 1. The molecule has 120 valence electrons. The molecule has 0 N–H and O–H groups in total. The van der Waals surface area contributed by atoms with E-state index in [1.165, 1.54) is 0 Å². The monoisotopic (exact) mass is 405 g/mol. The molecule has 0 bridgehead atoms. The highest BCUT2D eigenvalue weighted by molar-refractivity contribution is 9.10. The minimum Gasteiger partial charge on any atom is -0.493 e. The molecule has 0 fully saturated rings. The van der Waals surface area contributed by atoms with Gasteiger partial charge in [-0.2, -0.15) is 21.6 Å². The van der Waals surface area contributed by atoms with Gasteiger partial charge in [-0.05, 0) is 39.5 Å². The van der Waals surface area contributed by atoms with Crippen LogP contribution >= 0.6 is 15.9 Å². The van der Waals surface area contributed by atoms with Crippen LogP contribution in [-0.4, -0.2) is 21.0 Å². The standard InChI is InChI=1S/C12H7BrF4O4S/c1-20-11-9(14)3-2-6-4-7(5-8(13)10(6)11)21-22(18,19)12(15,16)17/h2-5H,1H3/i1D3. The highest BCUT2D eigenvalue weighted by atomic mass is 79.9. The van der Waals surface area contributed by atoms with Crippen LogP contribution in [0.4, 0.5) is 17.6 Å². The van der Waals surface area contributed by atoms with Gasteiger partial charge in [0.05, 0.1) is 11.2 Å². The third-order valence-electron chi connectivity index (χ3n) is 2.54. The summed E-state index contributed by atoms with van der Waals surface area (Å²) < 4.78 is 103. The van der Waals surface area contributed by atoms with Crippen LogP contribution < -0.4 is 8.92 Å². The Morgan fingerprint density at radius 3 is 2.55 bits per heavy atom. The minimum absolute atomic E-state index is 0.0117. The third-order valence-corrected chi connectivity index (χ3v) is 4.14. The molecule has 0 heterocycles. The zero-order valence-corrected chi connectivity index (χ0v) is 12.6. The van der Waals surface area contributed by atoms with Crippen molar-refractivity contribution in [3.63, 3.8) is 0 Å². The number of hydrogen-bond donors (Lipinski definition) is 0. The number of hydrogen-bond acceptors (Lipinski definition) is 4. The minimum atomic E-state index is -5.90. The third kappa shape index (κ3) is 2.98. The molecule has 0 radical (unpaired) electrons. The van der Waals surface area contributed by atoms with Crippen LogP contribution in [0.5, 0.6) is 11.5 Å². The Morgan fingerprint density at radius 1 is 1.27 bits per heavy atom. The molecular formula is C12H7BrF4O4S. The first-order valence-electron chi connectivity index (χ1n) is 6.83. The van der Waals surface area contributed by atoms with Gasteiger partial charge in [0.15, 0.2) is 11.6 Å². The molecule has 0 saturated carbocycles. The van der Waals surface area contributed by atoms with Gasteiger partial charge < -0.3 is 8.92 Å². The van der Waals surface area contributed by atoms with E-state index < -0.39 is 40.0 Å². The molecule has 0 saturated heterocycles. The van der Waals surface area contributed by atoms with E-state index in [-0.39, 0.29) is 15.2 Å². The van der Waals surface area contributed by atoms with Crippen LogP contribution in [0, 0.1) is 5.82 Å². The van der Waals surface area contributed by atoms with Crippen molar-refractivity contribution in [2.45, 2.75) is 5.51 Å². The van der Waals surface area contributed by atoms with Gasteiger partial charge in [-0.3, -0.25) is 0 Å². The maximum Gasteiger partial charge on any atom is 0.534 e. The smallest absolute Gasteiger partial charge is 0.493 e. The molecule has 0 aliphatic carbocycles. The van der Waals surface area contributed by atoms with E-state index in [0.29, 0.717) is 0 Å². The van der Waals surface area contributed by atoms with Crippen molar-refractivity contribution >= 4 is 36.8 Å². The summed E-state index contributed by atoms with van der Waals surface area (Å²) in [5.41, 5.74) is -5.63. The quantitative estimate of drug-likeness (QED) is 0.440. The summed E-state index contributed by atoms with van der Waals surface area (Å²) in [5, 5.41) is -0.129. The lowest BCUT2D eigenvalue weighted by atomic mass is 10.1. The number of alkyl halides is 3. The van der Waals surface area contributed by atoms with Gasteiger partial charge in [-0.25, -0.2) is 4.39 Å². The van der Waals surface area contributed by atoms with Gasteiger partial charge in [-0.15, -0.1) is 0 Å². The first-order valence-corrected chi connectivity index (χ1v) is 7.53. The fourth-order valence-corrected chi connectivity index (χ4v) is 2.73. The fourth-order valence-electron chi connectivity index (χ4n) is 1.65. The van der Waals surface area contributed by atoms with Gasteiger partial charge in [0.1, 0.15) is 5.75 Å². The summed E-state index contributed by atoms with van der Waals surface area (Å²) in [4.78, 5) is 0. The van der Waals surface area contributed by atoms with E-state index in [2.05, 4.69) is 24.8 Å². The summed E-state index contributed by atoms with van der Waals surface area (Å²) in [5.74, 6) is -2.40. The molecule has 2 aromatic carbocycles. The highest BCUT2D eigenvalue weighted by Gasteiger charge is 2.48. The Hall–Kier alpha value is -1.55. The Labute approximate surface area is 135 Å². The van der Waals surface area contributed by atoms with Crippen molar-refractivity contribution in [3.05, 3.63) is 34.6 Å². The lowest BCUT2D eigenvalue weighted by Crippen LogP contribution is -2.28. The topological polar surface area (TPSA) is 52.6 Å². The molecule has 0 atom stereocenters. The van der Waals surface area contributed by atoms with E-state index in [1.54, 1.807) is 0 Å². The zero-order chi connectivity index (χ0) is 19.2. The molecule has 0 unspecified atom stereocenters. The van der Waals surface area contributed by atoms with E-state index in [0.717, 1.165) is 24.3 Å². The normalized spacial score (nSPS) is 15.0. The van der Waals surface area contributed by atoms with Gasteiger partial charge >= 0.3 is 15.6 Å². The molecule has 2 aromatic rings. The molecule has 10 heteroatoms.